The van der Waals surface area contributed by atoms with Crippen LogP contribution in [0, 0.1) is 0 Å². The predicted molar refractivity (Wildman–Crippen MR) is 353 cm³/mol. The molecular formula is C75H124O6. The lowest BCUT2D eigenvalue weighted by atomic mass is 10.1. The number of unbranched alkanes of at least 4 members (excludes halogenated alkanes) is 27. The van der Waals surface area contributed by atoms with E-state index in [1.807, 2.05) is 0 Å². The molecule has 0 aliphatic carbocycles. The van der Waals surface area contributed by atoms with E-state index in [2.05, 4.69) is 154 Å². The summed E-state index contributed by atoms with van der Waals surface area (Å²) in [5.74, 6) is -0.920. The van der Waals surface area contributed by atoms with E-state index in [1.165, 1.54) is 122 Å². The molecule has 0 N–H and O–H groups in total. The Hall–Kier alpha value is -4.45. The SMILES string of the molecule is CC/C=C\C/C=C\C/C=C\C/C=C\C/C=C\CCCCCCCCCCCC(=O)OCC(COC(=O)CCCCCCCC/C=C\C/C=C\C/C=C\CCCCC)OC(=O)CCCCCCCC/C=C\C/C=C\C/C=C\CCCCC. The second kappa shape index (κ2) is 68.1. The second-order valence-corrected chi connectivity index (χ2v) is 22.0. The van der Waals surface area contributed by atoms with Crippen LogP contribution in [0.2, 0.25) is 0 Å². The molecule has 0 aromatic heterocycles. The van der Waals surface area contributed by atoms with E-state index in [0.29, 0.717) is 19.3 Å². The molecule has 1 atom stereocenters. The van der Waals surface area contributed by atoms with Gasteiger partial charge in [-0.3, -0.25) is 14.4 Å². The van der Waals surface area contributed by atoms with Crippen molar-refractivity contribution >= 4 is 17.9 Å². The molecule has 0 aliphatic rings. The summed E-state index contributed by atoms with van der Waals surface area (Å²) in [5.41, 5.74) is 0. The summed E-state index contributed by atoms with van der Waals surface area (Å²) in [6.07, 6.45) is 95.9. The van der Waals surface area contributed by atoms with Gasteiger partial charge in [0, 0.05) is 19.3 Å². The third-order valence-electron chi connectivity index (χ3n) is 14.1. The lowest BCUT2D eigenvalue weighted by molar-refractivity contribution is -0.167. The van der Waals surface area contributed by atoms with Crippen molar-refractivity contribution < 1.29 is 28.6 Å². The second-order valence-electron chi connectivity index (χ2n) is 22.0. The number of esters is 3. The molecule has 81 heavy (non-hydrogen) atoms. The van der Waals surface area contributed by atoms with Crippen LogP contribution in [-0.4, -0.2) is 37.2 Å². The highest BCUT2D eigenvalue weighted by molar-refractivity contribution is 5.71. The van der Waals surface area contributed by atoms with Crippen LogP contribution in [0.4, 0.5) is 0 Å². The normalized spacial score (nSPS) is 13.0. The van der Waals surface area contributed by atoms with E-state index < -0.39 is 6.10 Å². The minimum atomic E-state index is -0.800. The zero-order valence-electron chi connectivity index (χ0n) is 52.8. The van der Waals surface area contributed by atoms with Crippen LogP contribution >= 0.6 is 0 Å². The van der Waals surface area contributed by atoms with Gasteiger partial charge in [-0.1, -0.05) is 276 Å². The van der Waals surface area contributed by atoms with Crippen molar-refractivity contribution in [1.82, 2.24) is 0 Å². The minimum absolute atomic E-state index is 0.0943. The van der Waals surface area contributed by atoms with Crippen LogP contribution in [0.25, 0.3) is 0 Å². The number of carbonyl (C=O) groups excluding carboxylic acids is 3. The Morgan fingerprint density at radius 3 is 0.753 bits per heavy atom. The van der Waals surface area contributed by atoms with Crippen LogP contribution in [0.15, 0.2) is 134 Å². The van der Waals surface area contributed by atoms with Gasteiger partial charge in [0.05, 0.1) is 0 Å². The van der Waals surface area contributed by atoms with Gasteiger partial charge in [-0.2, -0.15) is 0 Å². The summed E-state index contributed by atoms with van der Waals surface area (Å²) in [6, 6.07) is 0. The maximum atomic E-state index is 12.9. The zero-order valence-corrected chi connectivity index (χ0v) is 52.8. The van der Waals surface area contributed by atoms with Crippen LogP contribution in [-0.2, 0) is 28.6 Å². The molecule has 0 aliphatic heterocycles. The molecule has 0 rings (SSSR count). The van der Waals surface area contributed by atoms with Crippen molar-refractivity contribution in [3.63, 3.8) is 0 Å². The summed E-state index contributed by atoms with van der Waals surface area (Å²) in [5, 5.41) is 0. The molecule has 0 fully saturated rings. The lowest BCUT2D eigenvalue weighted by Gasteiger charge is -2.18. The van der Waals surface area contributed by atoms with Gasteiger partial charge < -0.3 is 14.2 Å². The van der Waals surface area contributed by atoms with Crippen molar-refractivity contribution in [2.24, 2.45) is 0 Å². The summed E-state index contributed by atoms with van der Waals surface area (Å²) >= 11 is 0. The summed E-state index contributed by atoms with van der Waals surface area (Å²) in [7, 11) is 0. The Balaban J connectivity index is 4.44. The molecule has 0 saturated carbocycles. The van der Waals surface area contributed by atoms with Crippen molar-refractivity contribution in [3.8, 4) is 0 Å². The Bertz CT molecular complexity index is 1720. The van der Waals surface area contributed by atoms with Crippen LogP contribution < -0.4 is 0 Å². The van der Waals surface area contributed by atoms with E-state index in [0.717, 1.165) is 141 Å². The Morgan fingerprint density at radius 1 is 0.259 bits per heavy atom. The van der Waals surface area contributed by atoms with Gasteiger partial charge in [-0.05, 0) is 141 Å². The van der Waals surface area contributed by atoms with Gasteiger partial charge in [0.15, 0.2) is 6.10 Å². The molecule has 1 unspecified atom stereocenters. The average Bonchev–Trinajstić information content (AvgIpc) is 3.47. The molecule has 0 spiro atoms. The molecule has 0 bridgehead atoms. The van der Waals surface area contributed by atoms with E-state index in [-0.39, 0.29) is 31.1 Å². The monoisotopic (exact) mass is 1120 g/mol. The van der Waals surface area contributed by atoms with E-state index in [1.54, 1.807) is 0 Å². The smallest absolute Gasteiger partial charge is 0.306 e. The highest BCUT2D eigenvalue weighted by Crippen LogP contribution is 2.15. The lowest BCUT2D eigenvalue weighted by Crippen LogP contribution is -2.30. The molecular weight excluding hydrogens is 997 g/mol. The fourth-order valence-electron chi connectivity index (χ4n) is 9.07. The molecule has 0 aromatic rings. The Kier molecular flexibility index (Phi) is 64.3. The van der Waals surface area contributed by atoms with E-state index >= 15 is 0 Å². The van der Waals surface area contributed by atoms with Gasteiger partial charge in [0.25, 0.3) is 0 Å². The van der Waals surface area contributed by atoms with Crippen molar-refractivity contribution in [3.05, 3.63) is 134 Å². The highest BCUT2D eigenvalue weighted by atomic mass is 16.6. The van der Waals surface area contributed by atoms with Crippen molar-refractivity contribution in [2.75, 3.05) is 13.2 Å². The first kappa shape index (κ1) is 76.5. The first-order chi connectivity index (χ1) is 40.0. The maximum Gasteiger partial charge on any atom is 0.306 e. The fraction of sp³-hybridized carbons (Fsp3) is 0.667. The minimum Gasteiger partial charge on any atom is -0.462 e. The number of rotatable bonds is 60. The molecule has 460 valence electrons. The number of allylic oxidation sites excluding steroid dienone is 22. The summed E-state index contributed by atoms with van der Waals surface area (Å²) in [6.45, 7) is 6.46. The third kappa shape index (κ3) is 66.2. The first-order valence-corrected chi connectivity index (χ1v) is 33.7. The average molecular weight is 1120 g/mol. The van der Waals surface area contributed by atoms with Gasteiger partial charge in [-0.15, -0.1) is 0 Å². The number of hydrogen-bond acceptors (Lipinski definition) is 6. The quantitative estimate of drug-likeness (QED) is 0.0261. The van der Waals surface area contributed by atoms with Gasteiger partial charge >= 0.3 is 17.9 Å². The predicted octanol–water partition coefficient (Wildman–Crippen LogP) is 23.3. The summed E-state index contributed by atoms with van der Waals surface area (Å²) in [4.78, 5) is 38.4. The highest BCUT2D eigenvalue weighted by Gasteiger charge is 2.19. The van der Waals surface area contributed by atoms with Gasteiger partial charge in [0.2, 0.25) is 0 Å². The van der Waals surface area contributed by atoms with Crippen LogP contribution in [0.5, 0.6) is 0 Å². The van der Waals surface area contributed by atoms with Crippen LogP contribution in [0.3, 0.4) is 0 Å². The fourth-order valence-corrected chi connectivity index (χ4v) is 9.07. The number of hydrogen-bond donors (Lipinski definition) is 0. The molecule has 0 amide bonds. The third-order valence-corrected chi connectivity index (χ3v) is 14.1. The summed E-state index contributed by atoms with van der Waals surface area (Å²) < 4.78 is 17.0. The first-order valence-electron chi connectivity index (χ1n) is 33.7. The van der Waals surface area contributed by atoms with Crippen molar-refractivity contribution in [1.29, 1.82) is 0 Å². The molecule has 0 aromatic carbocycles. The van der Waals surface area contributed by atoms with E-state index in [9.17, 15) is 14.4 Å². The molecule has 0 radical (unpaired) electrons. The topological polar surface area (TPSA) is 78.9 Å². The van der Waals surface area contributed by atoms with E-state index in [4.69, 9.17) is 14.2 Å². The number of ether oxygens (including phenoxy) is 3. The molecule has 6 heteroatoms. The largest absolute Gasteiger partial charge is 0.462 e. The maximum absolute atomic E-state index is 12.9. The molecule has 0 saturated heterocycles. The van der Waals surface area contributed by atoms with Crippen molar-refractivity contribution in [2.45, 2.75) is 309 Å². The number of carbonyl (C=O) groups is 3. The molecule has 6 nitrogen and oxygen atoms in total. The Morgan fingerprint density at radius 2 is 0.481 bits per heavy atom. The standard InChI is InChI=1S/C75H124O6/c1-4-7-10-13-16-19-22-25-28-31-34-35-36-37-38-39-42-44-47-50-53-56-59-62-65-68-74(77)80-71-72(81-75(78)69-66-63-60-57-54-51-48-45-41-33-30-27-24-21-18-15-12-9-6-3)70-79-73(76)67-64-61-58-55-52-49-46-43-40-32-29-26-23-20-17-14-11-8-5-2/h7,10,16-21,25-30,34-35,37-38,40-41,43,45,72H,4-6,8-9,11-15,22-24,31-33,36,39,42,44,46-71H2,1-3H3/b10-7-,19-16-,20-17-,21-18-,28-25-,29-26-,30-27-,35-34-,38-37-,43-40-,45-41-. The van der Waals surface area contributed by atoms with Gasteiger partial charge in [0.1, 0.15) is 13.2 Å². The van der Waals surface area contributed by atoms with Gasteiger partial charge in [-0.25, -0.2) is 0 Å². The molecule has 0 heterocycles. The Labute approximate surface area is 500 Å². The van der Waals surface area contributed by atoms with Crippen LogP contribution in [0.1, 0.15) is 303 Å². The zero-order chi connectivity index (χ0) is 58.5.